The van der Waals surface area contributed by atoms with Crippen molar-refractivity contribution in [2.45, 2.75) is 0 Å². The van der Waals surface area contributed by atoms with Gasteiger partial charge in [-0.25, -0.2) is 15.0 Å². The molecule has 0 aliphatic rings. The molecule has 30 heavy (non-hydrogen) atoms. The number of pyridine rings is 5. The standard InChI is InChI=1S/C25H15N5/c1-2-6-21-16(4-1)10-20(15-27-21)22-7-8-23-24(30-22)12-19(13-28-23)18-11-17-5-3-9-26-25(17)29-14-18/h1-15H. The van der Waals surface area contributed by atoms with E-state index in [1.165, 1.54) is 0 Å². The van der Waals surface area contributed by atoms with Crippen molar-refractivity contribution in [1.29, 1.82) is 0 Å². The van der Waals surface area contributed by atoms with Gasteiger partial charge in [-0.05, 0) is 48.5 Å². The number of rotatable bonds is 2. The minimum Gasteiger partial charge on any atom is -0.256 e. The van der Waals surface area contributed by atoms with Crippen LogP contribution in [0.4, 0.5) is 0 Å². The Morgan fingerprint density at radius 3 is 2.27 bits per heavy atom. The van der Waals surface area contributed by atoms with E-state index in [-0.39, 0.29) is 0 Å². The molecule has 0 N–H and O–H groups in total. The molecule has 0 saturated heterocycles. The van der Waals surface area contributed by atoms with Gasteiger partial charge >= 0.3 is 0 Å². The second-order valence-electron chi connectivity index (χ2n) is 7.15. The molecule has 0 fully saturated rings. The van der Waals surface area contributed by atoms with E-state index in [0.29, 0.717) is 0 Å². The third kappa shape index (κ3) is 2.84. The van der Waals surface area contributed by atoms with Crippen molar-refractivity contribution < 1.29 is 0 Å². The highest BCUT2D eigenvalue weighted by Gasteiger charge is 2.07. The predicted molar refractivity (Wildman–Crippen MR) is 119 cm³/mol. The van der Waals surface area contributed by atoms with E-state index in [0.717, 1.165) is 55.4 Å². The van der Waals surface area contributed by atoms with Crippen LogP contribution < -0.4 is 0 Å². The van der Waals surface area contributed by atoms with E-state index in [1.807, 2.05) is 61.1 Å². The van der Waals surface area contributed by atoms with Crippen molar-refractivity contribution in [3.05, 3.63) is 91.5 Å². The third-order valence-electron chi connectivity index (χ3n) is 5.21. The lowest BCUT2D eigenvalue weighted by molar-refractivity contribution is 1.28. The van der Waals surface area contributed by atoms with Crippen LogP contribution in [0, 0.1) is 0 Å². The summed E-state index contributed by atoms with van der Waals surface area (Å²) >= 11 is 0. The molecule has 0 spiro atoms. The SMILES string of the molecule is c1ccc2ncc(-c3ccc4ncc(-c5cnc6ncccc6c5)cc4n3)cc2c1. The van der Waals surface area contributed by atoms with Gasteiger partial charge in [0.2, 0.25) is 0 Å². The summed E-state index contributed by atoms with van der Waals surface area (Å²) in [4.78, 5) is 22.8. The molecule has 5 aromatic heterocycles. The molecule has 0 aliphatic heterocycles. The Bertz CT molecular complexity index is 1440. The first-order chi connectivity index (χ1) is 14.8. The molecule has 5 nitrogen and oxygen atoms in total. The molecule has 0 unspecified atom stereocenters. The van der Waals surface area contributed by atoms with Crippen molar-refractivity contribution in [1.82, 2.24) is 24.9 Å². The number of nitrogens with zero attached hydrogens (tertiary/aromatic N) is 5. The molecular weight excluding hydrogens is 370 g/mol. The highest BCUT2D eigenvalue weighted by Crippen LogP contribution is 2.26. The Morgan fingerprint density at radius 2 is 1.27 bits per heavy atom. The van der Waals surface area contributed by atoms with Gasteiger partial charge < -0.3 is 0 Å². The van der Waals surface area contributed by atoms with Gasteiger partial charge in [0.25, 0.3) is 0 Å². The smallest absolute Gasteiger partial charge is 0.159 e. The lowest BCUT2D eigenvalue weighted by Crippen LogP contribution is -1.91. The predicted octanol–water partition coefficient (Wildman–Crippen LogP) is 5.46. The van der Waals surface area contributed by atoms with Crippen molar-refractivity contribution in [2.24, 2.45) is 0 Å². The number of para-hydroxylation sites is 1. The van der Waals surface area contributed by atoms with E-state index in [2.05, 4.69) is 44.2 Å². The molecule has 6 aromatic rings. The highest BCUT2D eigenvalue weighted by atomic mass is 14.8. The summed E-state index contributed by atoms with van der Waals surface area (Å²) in [7, 11) is 0. The second kappa shape index (κ2) is 6.67. The molecule has 0 amide bonds. The Morgan fingerprint density at radius 1 is 0.500 bits per heavy atom. The van der Waals surface area contributed by atoms with Crippen LogP contribution in [0.1, 0.15) is 0 Å². The van der Waals surface area contributed by atoms with Gasteiger partial charge in [-0.2, -0.15) is 0 Å². The molecular formula is C25H15N5. The van der Waals surface area contributed by atoms with E-state index in [9.17, 15) is 0 Å². The monoisotopic (exact) mass is 385 g/mol. The first-order valence-electron chi connectivity index (χ1n) is 9.67. The Hall–Kier alpha value is -4.25. The molecule has 0 aliphatic carbocycles. The number of hydrogen-bond donors (Lipinski definition) is 0. The fourth-order valence-corrected chi connectivity index (χ4v) is 3.66. The van der Waals surface area contributed by atoms with Crippen molar-refractivity contribution >= 4 is 33.0 Å². The Kier molecular flexibility index (Phi) is 3.71. The molecule has 0 bridgehead atoms. The van der Waals surface area contributed by atoms with E-state index < -0.39 is 0 Å². The topological polar surface area (TPSA) is 64.5 Å². The molecule has 5 heteroatoms. The zero-order valence-electron chi connectivity index (χ0n) is 15.9. The van der Waals surface area contributed by atoms with Crippen molar-refractivity contribution in [2.75, 3.05) is 0 Å². The van der Waals surface area contributed by atoms with Gasteiger partial charge in [0.1, 0.15) is 0 Å². The molecule has 0 atom stereocenters. The van der Waals surface area contributed by atoms with Crippen LogP contribution in [0.25, 0.3) is 55.4 Å². The maximum atomic E-state index is 4.87. The van der Waals surface area contributed by atoms with Crippen LogP contribution in [0.15, 0.2) is 91.5 Å². The van der Waals surface area contributed by atoms with Crippen LogP contribution in [-0.2, 0) is 0 Å². The zero-order chi connectivity index (χ0) is 19.9. The summed E-state index contributed by atoms with van der Waals surface area (Å²) in [6, 6.07) is 22.3. The van der Waals surface area contributed by atoms with Crippen LogP contribution in [0.5, 0.6) is 0 Å². The molecule has 140 valence electrons. The van der Waals surface area contributed by atoms with Gasteiger partial charge in [0.05, 0.1) is 22.2 Å². The Labute approximate surface area is 172 Å². The molecule has 0 radical (unpaired) electrons. The van der Waals surface area contributed by atoms with Crippen LogP contribution in [0.3, 0.4) is 0 Å². The van der Waals surface area contributed by atoms with Gasteiger partial charge in [0, 0.05) is 52.3 Å². The van der Waals surface area contributed by atoms with Gasteiger partial charge in [-0.1, -0.05) is 18.2 Å². The van der Waals surface area contributed by atoms with Crippen molar-refractivity contribution in [3.63, 3.8) is 0 Å². The average Bonchev–Trinajstić information content (AvgIpc) is 2.82. The minimum atomic E-state index is 0.735. The van der Waals surface area contributed by atoms with Crippen LogP contribution >= 0.6 is 0 Å². The van der Waals surface area contributed by atoms with Gasteiger partial charge in [-0.15, -0.1) is 0 Å². The number of hydrogen-bond acceptors (Lipinski definition) is 5. The van der Waals surface area contributed by atoms with Crippen LogP contribution in [0.2, 0.25) is 0 Å². The summed E-state index contributed by atoms with van der Waals surface area (Å²) in [5.41, 5.74) is 7.23. The fraction of sp³-hybridized carbons (Fsp3) is 0. The minimum absolute atomic E-state index is 0.735. The fourth-order valence-electron chi connectivity index (χ4n) is 3.66. The lowest BCUT2D eigenvalue weighted by atomic mass is 10.1. The maximum absolute atomic E-state index is 4.87. The normalized spacial score (nSPS) is 11.3. The summed E-state index contributed by atoms with van der Waals surface area (Å²) in [5.74, 6) is 0. The van der Waals surface area contributed by atoms with E-state index in [1.54, 1.807) is 6.20 Å². The maximum Gasteiger partial charge on any atom is 0.159 e. The number of benzene rings is 1. The summed E-state index contributed by atoms with van der Waals surface area (Å²) in [6.45, 7) is 0. The van der Waals surface area contributed by atoms with Crippen LogP contribution in [-0.4, -0.2) is 24.9 Å². The summed E-state index contributed by atoms with van der Waals surface area (Å²) in [6.07, 6.45) is 7.31. The van der Waals surface area contributed by atoms with Crippen molar-refractivity contribution in [3.8, 4) is 22.4 Å². The molecule has 6 rings (SSSR count). The lowest BCUT2D eigenvalue weighted by Gasteiger charge is -2.07. The first-order valence-corrected chi connectivity index (χ1v) is 9.67. The quantitative estimate of drug-likeness (QED) is 0.396. The van der Waals surface area contributed by atoms with E-state index >= 15 is 0 Å². The average molecular weight is 385 g/mol. The number of aromatic nitrogens is 5. The Balaban J connectivity index is 1.46. The summed E-state index contributed by atoms with van der Waals surface area (Å²) in [5, 5.41) is 2.10. The second-order valence-corrected chi connectivity index (χ2v) is 7.15. The highest BCUT2D eigenvalue weighted by molar-refractivity contribution is 5.87. The molecule has 0 saturated carbocycles. The largest absolute Gasteiger partial charge is 0.256 e. The first kappa shape index (κ1) is 16.7. The zero-order valence-corrected chi connectivity index (χ0v) is 15.9. The summed E-state index contributed by atoms with van der Waals surface area (Å²) < 4.78 is 0. The molecule has 5 heterocycles. The number of fused-ring (bicyclic) bond motifs is 3. The van der Waals surface area contributed by atoms with E-state index in [4.69, 9.17) is 4.98 Å². The van der Waals surface area contributed by atoms with Gasteiger partial charge in [0.15, 0.2) is 5.65 Å². The molecule has 1 aromatic carbocycles. The van der Waals surface area contributed by atoms with Gasteiger partial charge in [-0.3, -0.25) is 9.97 Å². The third-order valence-corrected chi connectivity index (χ3v) is 5.21.